The van der Waals surface area contributed by atoms with E-state index in [4.69, 9.17) is 18.9 Å². The van der Waals surface area contributed by atoms with Crippen LogP contribution in [0.25, 0.3) is 0 Å². The van der Waals surface area contributed by atoms with Crippen LogP contribution in [0.1, 0.15) is 125 Å². The first-order valence-electron chi connectivity index (χ1n) is 18.0. The van der Waals surface area contributed by atoms with Crippen LogP contribution < -0.4 is 14.2 Å². The van der Waals surface area contributed by atoms with Gasteiger partial charge in [-0.15, -0.1) is 0 Å². The van der Waals surface area contributed by atoms with Crippen LogP contribution in [0.3, 0.4) is 0 Å². The zero-order valence-corrected chi connectivity index (χ0v) is 28.5. The van der Waals surface area contributed by atoms with Gasteiger partial charge in [-0.25, -0.2) is 0 Å². The van der Waals surface area contributed by atoms with Gasteiger partial charge in [0.1, 0.15) is 0 Å². The van der Waals surface area contributed by atoms with Crippen LogP contribution in [0.15, 0.2) is 24.3 Å². The van der Waals surface area contributed by atoms with Crippen molar-refractivity contribution in [1.29, 1.82) is 0 Å². The zero-order valence-electron chi connectivity index (χ0n) is 28.5. The van der Waals surface area contributed by atoms with E-state index in [1.165, 1.54) is 106 Å². The molecule has 0 spiro atoms. The van der Waals surface area contributed by atoms with Crippen LogP contribution >= 0.6 is 0 Å². The molecule has 8 atom stereocenters. The molecule has 5 heteroatoms. The molecule has 6 unspecified atom stereocenters. The minimum absolute atomic E-state index is 0.266. The summed E-state index contributed by atoms with van der Waals surface area (Å²) in [5.41, 5.74) is 7.04. The summed E-state index contributed by atoms with van der Waals surface area (Å²) in [5.74, 6) is 7.61. The highest BCUT2D eigenvalue weighted by Gasteiger charge is 2.51. The van der Waals surface area contributed by atoms with Crippen molar-refractivity contribution in [3.63, 3.8) is 0 Å². The van der Waals surface area contributed by atoms with Gasteiger partial charge in [0.05, 0.1) is 14.2 Å². The van der Waals surface area contributed by atoms with E-state index in [0.29, 0.717) is 28.2 Å². The third kappa shape index (κ3) is 5.43. The van der Waals surface area contributed by atoms with Gasteiger partial charge in [-0.3, -0.25) is 0 Å². The molecule has 246 valence electrons. The summed E-state index contributed by atoms with van der Waals surface area (Å²) in [7, 11) is 5.03. The zero-order chi connectivity index (χ0) is 31.3. The molecule has 8 rings (SSSR count). The SMILES string of the molecule is COCOc1cc2c(cc1OC)C1CC[C@]3(C)CCCC3C1CC2.COc1cc2c(cc1O)CCC1C2CC[C@]2(C)CCCC12. The molecule has 0 heterocycles. The summed E-state index contributed by atoms with van der Waals surface area (Å²) in [6.45, 7) is 5.36. The number of fused-ring (bicyclic) bond motifs is 10. The third-order valence-corrected chi connectivity index (χ3v) is 13.9. The number of phenolic OH excluding ortho intramolecular Hbond substituents is 1. The number of phenols is 1. The van der Waals surface area contributed by atoms with E-state index in [1.807, 2.05) is 6.07 Å². The van der Waals surface area contributed by atoms with Gasteiger partial charge in [0.15, 0.2) is 29.8 Å². The Morgan fingerprint density at radius 2 is 1.18 bits per heavy atom. The van der Waals surface area contributed by atoms with Crippen molar-refractivity contribution < 1.29 is 24.1 Å². The molecule has 0 saturated heterocycles. The van der Waals surface area contributed by atoms with Crippen molar-refractivity contribution in [1.82, 2.24) is 0 Å². The largest absolute Gasteiger partial charge is 0.504 e. The lowest BCUT2D eigenvalue weighted by molar-refractivity contribution is 0.0482. The second kappa shape index (κ2) is 12.3. The smallest absolute Gasteiger partial charge is 0.188 e. The number of hydrogen-bond donors (Lipinski definition) is 1. The molecule has 2 aromatic carbocycles. The fraction of sp³-hybridized carbons (Fsp3) is 0.700. The Morgan fingerprint density at radius 3 is 1.71 bits per heavy atom. The van der Waals surface area contributed by atoms with Crippen molar-refractivity contribution >= 4 is 0 Å². The van der Waals surface area contributed by atoms with Gasteiger partial charge in [-0.05, 0) is 170 Å². The first-order chi connectivity index (χ1) is 21.8. The van der Waals surface area contributed by atoms with Crippen LogP contribution in [-0.4, -0.2) is 33.2 Å². The second-order valence-corrected chi connectivity index (χ2v) is 16.0. The molecule has 2 aromatic rings. The number of rotatable bonds is 5. The Morgan fingerprint density at radius 1 is 0.644 bits per heavy atom. The first kappa shape index (κ1) is 31.2. The lowest BCUT2D eigenvalue weighted by atomic mass is 9.56. The van der Waals surface area contributed by atoms with Gasteiger partial charge < -0.3 is 24.1 Å². The number of methoxy groups -OCH3 is 3. The average Bonchev–Trinajstić information content (AvgIpc) is 3.65. The van der Waals surface area contributed by atoms with E-state index in [9.17, 15) is 5.11 Å². The second-order valence-electron chi connectivity index (χ2n) is 16.0. The summed E-state index contributed by atoms with van der Waals surface area (Å²) in [4.78, 5) is 0. The van der Waals surface area contributed by atoms with Crippen LogP contribution in [0, 0.1) is 34.5 Å². The highest BCUT2D eigenvalue weighted by Crippen LogP contribution is 2.62. The molecular formula is C40H56O5. The number of aromatic hydroxyl groups is 1. The van der Waals surface area contributed by atoms with Crippen molar-refractivity contribution in [3.8, 4) is 23.0 Å². The van der Waals surface area contributed by atoms with E-state index in [-0.39, 0.29) is 6.79 Å². The van der Waals surface area contributed by atoms with Crippen LogP contribution in [0.2, 0.25) is 0 Å². The molecule has 0 bridgehead atoms. The Labute approximate surface area is 271 Å². The highest BCUT2D eigenvalue weighted by molar-refractivity contribution is 5.51. The summed E-state index contributed by atoms with van der Waals surface area (Å²) < 4.78 is 21.7. The van der Waals surface area contributed by atoms with Crippen molar-refractivity contribution in [2.45, 2.75) is 116 Å². The first-order valence-corrected chi connectivity index (χ1v) is 18.0. The van der Waals surface area contributed by atoms with Crippen molar-refractivity contribution in [3.05, 3.63) is 46.5 Å². The maximum absolute atomic E-state index is 10.0. The van der Waals surface area contributed by atoms with Crippen molar-refractivity contribution in [2.24, 2.45) is 34.5 Å². The number of aryl methyl sites for hydroxylation is 2. The molecule has 0 aliphatic heterocycles. The molecule has 6 aliphatic rings. The minimum atomic E-state index is 0.266. The minimum Gasteiger partial charge on any atom is -0.504 e. The van der Waals surface area contributed by atoms with Gasteiger partial charge in [0.25, 0.3) is 0 Å². The highest BCUT2D eigenvalue weighted by atomic mass is 16.7. The Balaban J connectivity index is 0.000000146. The van der Waals surface area contributed by atoms with Gasteiger partial charge in [0.2, 0.25) is 0 Å². The predicted molar refractivity (Wildman–Crippen MR) is 179 cm³/mol. The molecule has 0 aromatic heterocycles. The van der Waals surface area contributed by atoms with Crippen LogP contribution in [-0.2, 0) is 17.6 Å². The predicted octanol–water partition coefficient (Wildman–Crippen LogP) is 9.57. The summed E-state index contributed by atoms with van der Waals surface area (Å²) in [5, 5.41) is 10.0. The molecule has 0 amide bonds. The number of hydrogen-bond acceptors (Lipinski definition) is 5. The monoisotopic (exact) mass is 616 g/mol. The van der Waals surface area contributed by atoms with E-state index in [0.717, 1.165) is 47.5 Å². The fourth-order valence-corrected chi connectivity index (χ4v) is 11.7. The van der Waals surface area contributed by atoms with E-state index < -0.39 is 0 Å². The number of benzene rings is 2. The molecule has 0 radical (unpaired) electrons. The Bertz CT molecular complexity index is 1390. The Hall–Kier alpha value is -2.40. The lowest BCUT2D eigenvalue weighted by Gasteiger charge is -2.49. The third-order valence-electron chi connectivity index (χ3n) is 13.9. The van der Waals surface area contributed by atoms with E-state index in [1.54, 1.807) is 21.3 Å². The maximum Gasteiger partial charge on any atom is 0.188 e. The quantitative estimate of drug-likeness (QED) is 0.339. The average molecular weight is 617 g/mol. The molecule has 4 fully saturated rings. The molecule has 45 heavy (non-hydrogen) atoms. The summed E-state index contributed by atoms with van der Waals surface area (Å²) >= 11 is 0. The van der Waals surface area contributed by atoms with Gasteiger partial charge in [0, 0.05) is 7.11 Å². The fourth-order valence-electron chi connectivity index (χ4n) is 11.7. The van der Waals surface area contributed by atoms with Crippen molar-refractivity contribution in [2.75, 3.05) is 28.1 Å². The van der Waals surface area contributed by atoms with Gasteiger partial charge in [-0.1, -0.05) is 26.7 Å². The summed E-state index contributed by atoms with van der Waals surface area (Å²) in [6.07, 6.45) is 19.0. The molecule has 1 N–H and O–H groups in total. The topological polar surface area (TPSA) is 57.2 Å². The van der Waals surface area contributed by atoms with E-state index in [2.05, 4.69) is 32.0 Å². The number of ether oxygens (including phenoxy) is 4. The van der Waals surface area contributed by atoms with Gasteiger partial charge >= 0.3 is 0 Å². The lowest BCUT2D eigenvalue weighted by Crippen LogP contribution is -2.39. The molecular weight excluding hydrogens is 560 g/mol. The maximum atomic E-state index is 10.0. The Kier molecular flexibility index (Phi) is 8.55. The normalized spacial score (nSPS) is 35.8. The molecule has 6 aliphatic carbocycles. The van der Waals surface area contributed by atoms with Crippen LogP contribution in [0.4, 0.5) is 0 Å². The summed E-state index contributed by atoms with van der Waals surface area (Å²) in [6, 6.07) is 8.53. The standard InChI is InChI=1S/C21H30O3.C19H26O2/c1-21-9-4-5-18(21)16-7-6-14-11-20(24-13-22-2)19(23-3)12-17(14)15(16)8-10-21;1-19-8-3-4-16(19)14-6-5-12-10-17(20)18(21-2)11-15(12)13(14)7-9-19/h11-12,15-16,18H,4-10,13H2,1-3H3;10-11,13-14,16,20H,3-9H2,1-2H3/t15?,16?,18?,21-;13?,14?,16?,19-/m00/s1. The van der Waals surface area contributed by atoms with Crippen LogP contribution in [0.5, 0.6) is 23.0 Å². The van der Waals surface area contributed by atoms with E-state index >= 15 is 0 Å². The molecule has 5 nitrogen and oxygen atoms in total. The van der Waals surface area contributed by atoms with Gasteiger partial charge in [-0.2, -0.15) is 0 Å². The molecule has 4 saturated carbocycles.